The molecule has 22 heavy (non-hydrogen) atoms. The number of pyridine rings is 1. The van der Waals surface area contributed by atoms with E-state index in [4.69, 9.17) is 4.74 Å². The second-order valence-electron chi connectivity index (χ2n) is 4.82. The van der Waals surface area contributed by atoms with Gasteiger partial charge in [-0.2, -0.15) is 0 Å². The molecule has 110 valence electrons. The summed E-state index contributed by atoms with van der Waals surface area (Å²) < 4.78 is 5.08. The number of hydrogen-bond donors (Lipinski definition) is 2. The van der Waals surface area contributed by atoms with Crippen LogP contribution in [0.1, 0.15) is 11.3 Å². The number of methoxy groups -OCH3 is 1. The van der Waals surface area contributed by atoms with Gasteiger partial charge in [0.05, 0.1) is 12.8 Å². The SMILES string of the molecule is COc1cccc(/C=C/c2ccc3cccc(O)c3n2)c1O. The zero-order chi connectivity index (χ0) is 15.5. The first-order chi connectivity index (χ1) is 10.7. The van der Waals surface area contributed by atoms with Crippen LogP contribution in [0.4, 0.5) is 0 Å². The number of hydrogen-bond acceptors (Lipinski definition) is 4. The molecule has 3 rings (SSSR count). The van der Waals surface area contributed by atoms with E-state index in [1.54, 1.807) is 42.5 Å². The van der Waals surface area contributed by atoms with Gasteiger partial charge in [-0.1, -0.05) is 30.3 Å². The van der Waals surface area contributed by atoms with Crippen LogP contribution in [0.2, 0.25) is 0 Å². The Hall–Kier alpha value is -3.01. The maximum atomic E-state index is 10.0. The molecule has 0 radical (unpaired) electrons. The standard InChI is InChI=1S/C18H15NO3/c1-22-16-7-3-5-13(18(16)21)9-11-14-10-8-12-4-2-6-15(20)17(12)19-14/h2-11,20-21H,1H3/b11-9+. The van der Waals surface area contributed by atoms with Gasteiger partial charge in [0, 0.05) is 10.9 Å². The molecule has 1 aromatic heterocycles. The number of para-hydroxylation sites is 2. The molecule has 0 spiro atoms. The van der Waals surface area contributed by atoms with Gasteiger partial charge in [-0.05, 0) is 30.4 Å². The zero-order valence-corrected chi connectivity index (χ0v) is 12.0. The second-order valence-corrected chi connectivity index (χ2v) is 4.82. The lowest BCUT2D eigenvalue weighted by molar-refractivity contribution is 0.373. The molecule has 0 aliphatic heterocycles. The van der Waals surface area contributed by atoms with Crippen molar-refractivity contribution in [2.45, 2.75) is 0 Å². The molecular formula is C18H15NO3. The van der Waals surface area contributed by atoms with E-state index in [2.05, 4.69) is 4.98 Å². The second kappa shape index (κ2) is 5.77. The van der Waals surface area contributed by atoms with Gasteiger partial charge in [0.25, 0.3) is 0 Å². The number of aromatic hydroxyl groups is 2. The van der Waals surface area contributed by atoms with Crippen molar-refractivity contribution in [3.05, 3.63) is 59.8 Å². The molecule has 0 aliphatic rings. The maximum absolute atomic E-state index is 10.0. The molecule has 0 amide bonds. The van der Waals surface area contributed by atoms with E-state index in [1.807, 2.05) is 18.2 Å². The number of aromatic nitrogens is 1. The Morgan fingerprint density at radius 1 is 0.955 bits per heavy atom. The van der Waals surface area contributed by atoms with E-state index in [0.29, 0.717) is 22.5 Å². The molecule has 0 saturated heterocycles. The molecule has 1 heterocycles. The summed E-state index contributed by atoms with van der Waals surface area (Å²) in [5.41, 5.74) is 1.88. The number of fused-ring (bicyclic) bond motifs is 1. The third-order valence-electron chi connectivity index (χ3n) is 3.40. The number of phenolic OH excluding ortho intramolecular Hbond substituents is 2. The van der Waals surface area contributed by atoms with Crippen molar-refractivity contribution in [2.24, 2.45) is 0 Å². The molecule has 0 atom stereocenters. The van der Waals surface area contributed by atoms with E-state index in [1.165, 1.54) is 7.11 Å². The van der Waals surface area contributed by atoms with Crippen LogP contribution in [0.25, 0.3) is 23.1 Å². The van der Waals surface area contributed by atoms with Crippen LogP contribution in [0, 0.1) is 0 Å². The molecule has 2 N–H and O–H groups in total. The molecular weight excluding hydrogens is 278 g/mol. The van der Waals surface area contributed by atoms with E-state index in [0.717, 1.165) is 5.39 Å². The molecule has 0 bridgehead atoms. The summed E-state index contributed by atoms with van der Waals surface area (Å²) in [5, 5.41) is 20.8. The van der Waals surface area contributed by atoms with Gasteiger partial charge in [0.2, 0.25) is 0 Å². The minimum atomic E-state index is 0.0879. The summed E-state index contributed by atoms with van der Waals surface area (Å²) in [7, 11) is 1.51. The molecule has 2 aromatic carbocycles. The van der Waals surface area contributed by atoms with E-state index in [-0.39, 0.29) is 11.5 Å². The highest BCUT2D eigenvalue weighted by Gasteiger charge is 2.05. The van der Waals surface area contributed by atoms with Crippen molar-refractivity contribution in [1.82, 2.24) is 4.98 Å². The predicted octanol–water partition coefficient (Wildman–Crippen LogP) is 3.83. The minimum Gasteiger partial charge on any atom is -0.506 e. The van der Waals surface area contributed by atoms with Gasteiger partial charge in [-0.25, -0.2) is 4.98 Å². The lowest BCUT2D eigenvalue weighted by atomic mass is 10.1. The van der Waals surface area contributed by atoms with Crippen molar-refractivity contribution >= 4 is 23.1 Å². The molecule has 0 aliphatic carbocycles. The number of rotatable bonds is 3. The smallest absolute Gasteiger partial charge is 0.165 e. The van der Waals surface area contributed by atoms with E-state index < -0.39 is 0 Å². The number of benzene rings is 2. The van der Waals surface area contributed by atoms with Crippen LogP contribution in [-0.2, 0) is 0 Å². The normalized spacial score (nSPS) is 11.1. The Labute approximate surface area is 127 Å². The molecule has 0 unspecified atom stereocenters. The number of nitrogens with zero attached hydrogens (tertiary/aromatic N) is 1. The third kappa shape index (κ3) is 2.59. The Balaban J connectivity index is 1.98. The van der Waals surface area contributed by atoms with Gasteiger partial charge < -0.3 is 14.9 Å². The minimum absolute atomic E-state index is 0.0879. The Kier molecular flexibility index (Phi) is 3.66. The van der Waals surface area contributed by atoms with Crippen LogP contribution < -0.4 is 4.74 Å². The average molecular weight is 293 g/mol. The Morgan fingerprint density at radius 2 is 1.77 bits per heavy atom. The highest BCUT2D eigenvalue weighted by Crippen LogP contribution is 2.30. The highest BCUT2D eigenvalue weighted by molar-refractivity contribution is 5.86. The van der Waals surface area contributed by atoms with Crippen molar-refractivity contribution in [1.29, 1.82) is 0 Å². The first-order valence-corrected chi connectivity index (χ1v) is 6.82. The molecule has 4 nitrogen and oxygen atoms in total. The molecule has 0 fully saturated rings. The number of phenols is 2. The molecule has 4 heteroatoms. The van der Waals surface area contributed by atoms with Crippen LogP contribution in [-0.4, -0.2) is 22.3 Å². The van der Waals surface area contributed by atoms with Crippen LogP contribution in [0.3, 0.4) is 0 Å². The van der Waals surface area contributed by atoms with Crippen LogP contribution in [0.15, 0.2) is 48.5 Å². The van der Waals surface area contributed by atoms with Crippen LogP contribution in [0.5, 0.6) is 17.2 Å². The summed E-state index contributed by atoms with van der Waals surface area (Å²) in [5.74, 6) is 0.660. The quantitative estimate of drug-likeness (QED) is 0.770. The topological polar surface area (TPSA) is 62.6 Å². The fourth-order valence-corrected chi connectivity index (χ4v) is 2.25. The van der Waals surface area contributed by atoms with Gasteiger partial charge in [0.15, 0.2) is 11.5 Å². The Morgan fingerprint density at radius 3 is 2.59 bits per heavy atom. The zero-order valence-electron chi connectivity index (χ0n) is 12.0. The average Bonchev–Trinajstić information content (AvgIpc) is 2.54. The summed E-state index contributed by atoms with van der Waals surface area (Å²) in [6, 6.07) is 14.3. The largest absolute Gasteiger partial charge is 0.506 e. The summed E-state index contributed by atoms with van der Waals surface area (Å²) in [4.78, 5) is 4.41. The summed E-state index contributed by atoms with van der Waals surface area (Å²) in [6.07, 6.45) is 3.53. The van der Waals surface area contributed by atoms with Crippen molar-refractivity contribution in [3.63, 3.8) is 0 Å². The fraction of sp³-hybridized carbons (Fsp3) is 0.0556. The van der Waals surface area contributed by atoms with E-state index in [9.17, 15) is 10.2 Å². The predicted molar refractivity (Wildman–Crippen MR) is 87.0 cm³/mol. The molecule has 0 saturated carbocycles. The third-order valence-corrected chi connectivity index (χ3v) is 3.40. The van der Waals surface area contributed by atoms with Crippen LogP contribution >= 0.6 is 0 Å². The van der Waals surface area contributed by atoms with Gasteiger partial charge in [0.1, 0.15) is 11.3 Å². The lowest BCUT2D eigenvalue weighted by Gasteiger charge is -2.05. The summed E-state index contributed by atoms with van der Waals surface area (Å²) in [6.45, 7) is 0. The van der Waals surface area contributed by atoms with Gasteiger partial charge in [-0.3, -0.25) is 0 Å². The van der Waals surface area contributed by atoms with E-state index >= 15 is 0 Å². The first kappa shape index (κ1) is 13.9. The summed E-state index contributed by atoms with van der Waals surface area (Å²) >= 11 is 0. The maximum Gasteiger partial charge on any atom is 0.165 e. The Bertz CT molecular complexity index is 856. The molecule has 3 aromatic rings. The fourth-order valence-electron chi connectivity index (χ4n) is 2.25. The lowest BCUT2D eigenvalue weighted by Crippen LogP contribution is -1.86. The number of ether oxygens (including phenoxy) is 1. The van der Waals surface area contributed by atoms with Gasteiger partial charge >= 0.3 is 0 Å². The van der Waals surface area contributed by atoms with Crippen molar-refractivity contribution in [3.8, 4) is 17.2 Å². The van der Waals surface area contributed by atoms with Gasteiger partial charge in [-0.15, -0.1) is 0 Å². The van der Waals surface area contributed by atoms with Crippen molar-refractivity contribution in [2.75, 3.05) is 7.11 Å². The highest BCUT2D eigenvalue weighted by atomic mass is 16.5. The monoisotopic (exact) mass is 293 g/mol. The first-order valence-electron chi connectivity index (χ1n) is 6.82. The van der Waals surface area contributed by atoms with Crippen molar-refractivity contribution < 1.29 is 14.9 Å².